The first-order chi connectivity index (χ1) is 32.1. The molecule has 0 fully saturated rings. The van der Waals surface area contributed by atoms with Gasteiger partial charge in [-0.25, -0.2) is 9.97 Å². The van der Waals surface area contributed by atoms with Crippen molar-refractivity contribution in [2.45, 2.75) is 78.6 Å². The molecule has 0 N–H and O–H groups in total. The first-order valence-corrected chi connectivity index (χ1v) is 23.4. The van der Waals surface area contributed by atoms with Crippen LogP contribution in [0.25, 0.3) is 78.1 Å². The summed E-state index contributed by atoms with van der Waals surface area (Å²) in [6.45, 7) is 20.5. The summed E-state index contributed by atoms with van der Waals surface area (Å²) in [4.78, 5) is 10.2. The molecule has 0 saturated carbocycles. The third kappa shape index (κ3) is 8.36. The van der Waals surface area contributed by atoms with Crippen LogP contribution in [0.3, 0.4) is 0 Å². The Morgan fingerprint density at radius 2 is 1.03 bits per heavy atom. The van der Waals surface area contributed by atoms with E-state index in [4.69, 9.17) is 14.7 Å². The molecule has 10 rings (SSSR count). The van der Waals surface area contributed by atoms with Gasteiger partial charge in [-0.15, -0.1) is 0 Å². The standard InChI is InChI=1S/C62H58N4O/c1-60(2,3)45-28-26-43(27-29-45)53-40-64-57(39-54(53)62(7,8)9)66-55-33-30-46(61(4,5)6)37-52(55)51-32-31-48(38-56(51)66)67-47-23-16-22-44(36-47)59-63-34-35-65(59)58-49(41-18-12-10-13-19-41)24-17-25-50(58)42-20-14-11-15-21-42/h10-40H,1-9H3. The van der Waals surface area contributed by atoms with Crippen molar-refractivity contribution in [1.29, 1.82) is 0 Å². The average molecular weight is 875 g/mol. The first kappa shape index (κ1) is 43.4. The van der Waals surface area contributed by atoms with E-state index in [-0.39, 0.29) is 16.2 Å². The molecule has 0 unspecified atom stereocenters. The van der Waals surface area contributed by atoms with Crippen LogP contribution in [0.5, 0.6) is 11.5 Å². The van der Waals surface area contributed by atoms with Crippen molar-refractivity contribution < 1.29 is 4.74 Å². The lowest BCUT2D eigenvalue weighted by Crippen LogP contribution is -2.15. The van der Waals surface area contributed by atoms with Crippen LogP contribution in [-0.4, -0.2) is 19.1 Å². The molecule has 3 heterocycles. The smallest absolute Gasteiger partial charge is 0.144 e. The number of imidazole rings is 1. The van der Waals surface area contributed by atoms with Crippen molar-refractivity contribution in [3.8, 4) is 67.8 Å². The van der Waals surface area contributed by atoms with E-state index in [1.165, 1.54) is 27.6 Å². The number of rotatable bonds is 8. The number of benzene rings is 7. The molecule has 332 valence electrons. The first-order valence-electron chi connectivity index (χ1n) is 23.4. The molecular formula is C62H58N4O. The van der Waals surface area contributed by atoms with Crippen molar-refractivity contribution in [3.63, 3.8) is 0 Å². The molecule has 0 radical (unpaired) electrons. The molecule has 5 nitrogen and oxygen atoms in total. The quantitative estimate of drug-likeness (QED) is 0.153. The highest BCUT2D eigenvalue weighted by molar-refractivity contribution is 6.10. The predicted molar refractivity (Wildman–Crippen MR) is 280 cm³/mol. The Balaban J connectivity index is 1.07. The minimum absolute atomic E-state index is 0.0139. The fraction of sp³-hybridized carbons (Fsp3) is 0.194. The van der Waals surface area contributed by atoms with Gasteiger partial charge in [-0.1, -0.05) is 184 Å². The molecule has 10 aromatic rings. The number of nitrogens with zero attached hydrogens (tertiary/aromatic N) is 4. The van der Waals surface area contributed by atoms with Crippen LogP contribution in [0.15, 0.2) is 188 Å². The summed E-state index contributed by atoms with van der Waals surface area (Å²) in [6.07, 6.45) is 6.01. The van der Waals surface area contributed by atoms with Gasteiger partial charge in [0.05, 0.1) is 16.7 Å². The van der Waals surface area contributed by atoms with E-state index in [0.29, 0.717) is 0 Å². The zero-order valence-electron chi connectivity index (χ0n) is 40.1. The summed E-state index contributed by atoms with van der Waals surface area (Å²) in [6, 6.07) is 60.6. The molecule has 7 aromatic carbocycles. The van der Waals surface area contributed by atoms with Crippen molar-refractivity contribution in [3.05, 3.63) is 205 Å². The van der Waals surface area contributed by atoms with Crippen molar-refractivity contribution >= 4 is 21.8 Å². The van der Waals surface area contributed by atoms with E-state index in [2.05, 4.69) is 242 Å². The Hall–Kier alpha value is -7.50. The van der Waals surface area contributed by atoms with Gasteiger partial charge in [0.1, 0.15) is 23.1 Å². The van der Waals surface area contributed by atoms with Crippen LogP contribution in [0.2, 0.25) is 0 Å². The number of aromatic nitrogens is 4. The van der Waals surface area contributed by atoms with E-state index in [9.17, 15) is 0 Å². The Morgan fingerprint density at radius 3 is 1.67 bits per heavy atom. The van der Waals surface area contributed by atoms with Crippen LogP contribution in [0.1, 0.15) is 79.0 Å². The van der Waals surface area contributed by atoms with E-state index in [0.717, 1.165) is 78.6 Å². The number of fused-ring (bicyclic) bond motifs is 3. The molecule has 0 bridgehead atoms. The van der Waals surface area contributed by atoms with Gasteiger partial charge in [-0.3, -0.25) is 9.13 Å². The normalized spacial score (nSPS) is 12.3. The summed E-state index contributed by atoms with van der Waals surface area (Å²) in [5.41, 5.74) is 14.8. The number of pyridine rings is 1. The molecular weight excluding hydrogens is 817 g/mol. The van der Waals surface area contributed by atoms with Gasteiger partial charge in [-0.2, -0.15) is 0 Å². The number of ether oxygens (including phenoxy) is 1. The minimum Gasteiger partial charge on any atom is -0.457 e. The van der Waals surface area contributed by atoms with Crippen LogP contribution >= 0.6 is 0 Å². The van der Waals surface area contributed by atoms with E-state index in [1.54, 1.807) is 0 Å². The molecule has 0 spiro atoms. The third-order valence-electron chi connectivity index (χ3n) is 13.0. The maximum absolute atomic E-state index is 6.84. The fourth-order valence-electron chi connectivity index (χ4n) is 9.38. The van der Waals surface area contributed by atoms with E-state index < -0.39 is 0 Å². The summed E-state index contributed by atoms with van der Waals surface area (Å²) in [5, 5.41) is 2.34. The monoisotopic (exact) mass is 874 g/mol. The van der Waals surface area contributed by atoms with Gasteiger partial charge in [0.2, 0.25) is 0 Å². The second-order valence-corrected chi connectivity index (χ2v) is 20.8. The Morgan fingerprint density at radius 1 is 0.433 bits per heavy atom. The number of hydrogen-bond donors (Lipinski definition) is 0. The summed E-state index contributed by atoms with van der Waals surface area (Å²) in [7, 11) is 0. The molecule has 0 saturated heterocycles. The van der Waals surface area contributed by atoms with Gasteiger partial charge in [-0.05, 0) is 92.1 Å². The summed E-state index contributed by atoms with van der Waals surface area (Å²) >= 11 is 0. The van der Waals surface area contributed by atoms with Crippen LogP contribution < -0.4 is 4.74 Å². The fourth-order valence-corrected chi connectivity index (χ4v) is 9.38. The second-order valence-electron chi connectivity index (χ2n) is 20.8. The second kappa shape index (κ2) is 16.7. The van der Waals surface area contributed by atoms with Gasteiger partial charge in [0.25, 0.3) is 0 Å². The average Bonchev–Trinajstić information content (AvgIpc) is 3.94. The highest BCUT2D eigenvalue weighted by Gasteiger charge is 2.25. The van der Waals surface area contributed by atoms with Gasteiger partial charge in [0.15, 0.2) is 0 Å². The van der Waals surface area contributed by atoms with E-state index >= 15 is 0 Å². The van der Waals surface area contributed by atoms with Gasteiger partial charge < -0.3 is 4.74 Å². The maximum Gasteiger partial charge on any atom is 0.144 e. The molecule has 0 amide bonds. The lowest BCUT2D eigenvalue weighted by atomic mass is 9.81. The van der Waals surface area contributed by atoms with Crippen LogP contribution in [-0.2, 0) is 16.2 Å². The number of para-hydroxylation sites is 1. The maximum atomic E-state index is 6.84. The zero-order valence-corrected chi connectivity index (χ0v) is 40.1. The largest absolute Gasteiger partial charge is 0.457 e. The molecule has 3 aromatic heterocycles. The molecule has 0 aliphatic rings. The van der Waals surface area contributed by atoms with Crippen molar-refractivity contribution in [2.24, 2.45) is 0 Å². The summed E-state index contributed by atoms with van der Waals surface area (Å²) < 4.78 is 11.4. The highest BCUT2D eigenvalue weighted by Crippen LogP contribution is 2.42. The summed E-state index contributed by atoms with van der Waals surface area (Å²) in [5.74, 6) is 3.16. The van der Waals surface area contributed by atoms with Crippen LogP contribution in [0, 0.1) is 0 Å². The van der Waals surface area contributed by atoms with Crippen LogP contribution in [0.4, 0.5) is 0 Å². The topological polar surface area (TPSA) is 44.9 Å². The van der Waals surface area contributed by atoms with Gasteiger partial charge in [0, 0.05) is 57.7 Å². The lowest BCUT2D eigenvalue weighted by molar-refractivity contribution is 0.483. The molecule has 0 aliphatic heterocycles. The molecule has 67 heavy (non-hydrogen) atoms. The Labute approximate surface area is 395 Å². The molecule has 0 aliphatic carbocycles. The van der Waals surface area contributed by atoms with Gasteiger partial charge >= 0.3 is 0 Å². The molecule has 5 heteroatoms. The SMILES string of the molecule is CC(C)(C)c1ccc(-c2cnc(-n3c4ccc(C(C)(C)C)cc4c4ccc(Oc5cccc(-c6nccn6-c6c(-c7ccccc7)cccc6-c6ccccc6)c5)cc43)cc2C(C)(C)C)cc1. The predicted octanol–water partition coefficient (Wildman–Crippen LogP) is 16.7. The minimum atomic E-state index is -0.144. The van der Waals surface area contributed by atoms with Crippen molar-refractivity contribution in [2.75, 3.05) is 0 Å². The number of hydrogen-bond acceptors (Lipinski definition) is 3. The Kier molecular flexibility index (Phi) is 10.8. The highest BCUT2D eigenvalue weighted by atomic mass is 16.5. The van der Waals surface area contributed by atoms with Crippen molar-refractivity contribution in [1.82, 2.24) is 19.1 Å². The third-order valence-corrected chi connectivity index (χ3v) is 13.0. The van der Waals surface area contributed by atoms with E-state index in [1.807, 2.05) is 18.3 Å². The Bertz CT molecular complexity index is 3350. The molecule has 0 atom stereocenters. The zero-order chi connectivity index (χ0) is 46.7. The lowest BCUT2D eigenvalue weighted by Gasteiger charge is -2.25.